The van der Waals surface area contributed by atoms with Crippen LogP contribution in [-0.2, 0) is 26.2 Å². The highest BCUT2D eigenvalue weighted by Crippen LogP contribution is 2.30. The van der Waals surface area contributed by atoms with Gasteiger partial charge in [0.05, 0.1) is 6.10 Å². The third-order valence-corrected chi connectivity index (χ3v) is 6.38. The molecule has 0 radical (unpaired) electrons. The molecule has 0 aliphatic heterocycles. The molecule has 0 amide bonds. The van der Waals surface area contributed by atoms with Crippen LogP contribution in [-0.4, -0.2) is 5.11 Å². The Kier molecular flexibility index (Phi) is 8.90. The van der Waals surface area contributed by atoms with E-state index in [0.29, 0.717) is 37.7 Å². The normalized spacial score (nSPS) is 11.5. The Labute approximate surface area is 230 Å². The Hall–Kier alpha value is -4.54. The minimum absolute atomic E-state index is 0.433. The molecule has 0 bridgehead atoms. The zero-order valence-electron chi connectivity index (χ0n) is 21.8. The maximum absolute atomic E-state index is 11.2. The largest absolute Gasteiger partial charge is 0.489 e. The maximum Gasteiger partial charge on any atom is 0.123 e. The SMILES string of the molecule is OC(Cc1ccc(OCc2ccccc2)cc1)c1cc(OCc2ccccc2)cc(OCc2ccccc2)c1. The van der Waals surface area contributed by atoms with E-state index in [-0.39, 0.29) is 0 Å². The average Bonchev–Trinajstić information content (AvgIpc) is 3.00. The van der Waals surface area contributed by atoms with Crippen molar-refractivity contribution in [1.29, 1.82) is 0 Å². The predicted octanol–water partition coefficient (Wildman–Crippen LogP) is 7.70. The van der Waals surface area contributed by atoms with E-state index in [4.69, 9.17) is 14.2 Å². The van der Waals surface area contributed by atoms with Gasteiger partial charge >= 0.3 is 0 Å². The summed E-state index contributed by atoms with van der Waals surface area (Å²) in [5, 5.41) is 11.2. The Balaban J connectivity index is 1.26. The summed E-state index contributed by atoms with van der Waals surface area (Å²) in [5.74, 6) is 2.11. The number of benzene rings is 5. The van der Waals surface area contributed by atoms with Crippen molar-refractivity contribution in [2.24, 2.45) is 0 Å². The van der Waals surface area contributed by atoms with E-state index in [1.54, 1.807) is 0 Å². The molecule has 0 fully saturated rings. The summed E-state index contributed by atoms with van der Waals surface area (Å²) in [6.07, 6.45) is -0.264. The lowest BCUT2D eigenvalue weighted by Gasteiger charge is -2.16. The van der Waals surface area contributed by atoms with E-state index >= 15 is 0 Å². The molecule has 0 spiro atoms. The lowest BCUT2D eigenvalue weighted by Crippen LogP contribution is -2.05. The van der Waals surface area contributed by atoms with Crippen molar-refractivity contribution in [2.45, 2.75) is 32.3 Å². The van der Waals surface area contributed by atoms with E-state index in [0.717, 1.165) is 33.6 Å². The van der Waals surface area contributed by atoms with Crippen LogP contribution < -0.4 is 14.2 Å². The molecule has 1 N–H and O–H groups in total. The summed E-state index contributed by atoms with van der Waals surface area (Å²) in [6, 6.07) is 43.6. The van der Waals surface area contributed by atoms with E-state index in [9.17, 15) is 5.11 Å². The lowest BCUT2D eigenvalue weighted by molar-refractivity contribution is 0.176. The molecule has 0 saturated carbocycles. The first kappa shape index (κ1) is 26.1. The second-order valence-electron chi connectivity index (χ2n) is 9.42. The molecular weight excluding hydrogens is 484 g/mol. The van der Waals surface area contributed by atoms with Gasteiger partial charge in [0.25, 0.3) is 0 Å². The Morgan fingerprint density at radius 3 is 1.28 bits per heavy atom. The molecule has 5 aromatic carbocycles. The molecular formula is C35H32O4. The zero-order valence-corrected chi connectivity index (χ0v) is 21.8. The van der Waals surface area contributed by atoms with Gasteiger partial charge in [0.15, 0.2) is 0 Å². The summed E-state index contributed by atoms with van der Waals surface area (Å²) < 4.78 is 18.1. The van der Waals surface area contributed by atoms with Crippen molar-refractivity contribution in [3.8, 4) is 17.2 Å². The summed E-state index contributed by atoms with van der Waals surface area (Å²) in [6.45, 7) is 1.39. The minimum atomic E-state index is -0.722. The van der Waals surface area contributed by atoms with Crippen LogP contribution in [0.15, 0.2) is 133 Å². The zero-order chi connectivity index (χ0) is 26.7. The molecule has 0 heterocycles. The minimum Gasteiger partial charge on any atom is -0.489 e. The first-order valence-electron chi connectivity index (χ1n) is 13.1. The highest BCUT2D eigenvalue weighted by atomic mass is 16.5. The molecule has 5 aromatic rings. The molecule has 0 aliphatic rings. The molecule has 39 heavy (non-hydrogen) atoms. The molecule has 0 saturated heterocycles. The molecule has 4 nitrogen and oxygen atoms in total. The van der Waals surface area contributed by atoms with Crippen molar-refractivity contribution in [2.75, 3.05) is 0 Å². The molecule has 4 heteroatoms. The second-order valence-corrected chi connectivity index (χ2v) is 9.42. The van der Waals surface area contributed by atoms with Gasteiger partial charge in [-0.1, -0.05) is 103 Å². The summed E-state index contributed by atoms with van der Waals surface area (Å²) in [4.78, 5) is 0. The van der Waals surface area contributed by atoms with Gasteiger partial charge in [-0.15, -0.1) is 0 Å². The fraction of sp³-hybridized carbons (Fsp3) is 0.143. The van der Waals surface area contributed by atoms with E-state index in [2.05, 4.69) is 0 Å². The summed E-state index contributed by atoms with van der Waals surface area (Å²) in [5.41, 5.74) is 5.02. The van der Waals surface area contributed by atoms with Gasteiger partial charge in [0, 0.05) is 12.5 Å². The van der Waals surface area contributed by atoms with Crippen LogP contribution in [0.4, 0.5) is 0 Å². The topological polar surface area (TPSA) is 47.9 Å². The summed E-state index contributed by atoms with van der Waals surface area (Å²) >= 11 is 0. The monoisotopic (exact) mass is 516 g/mol. The van der Waals surface area contributed by atoms with E-state index < -0.39 is 6.10 Å². The van der Waals surface area contributed by atoms with Crippen LogP contribution in [0.1, 0.15) is 33.9 Å². The third kappa shape index (κ3) is 7.97. The highest BCUT2D eigenvalue weighted by molar-refractivity contribution is 5.40. The van der Waals surface area contributed by atoms with Crippen LogP contribution in [0, 0.1) is 0 Å². The third-order valence-electron chi connectivity index (χ3n) is 6.38. The van der Waals surface area contributed by atoms with Gasteiger partial charge in [0.1, 0.15) is 37.1 Å². The molecule has 5 rings (SSSR count). The molecule has 1 atom stereocenters. The van der Waals surface area contributed by atoms with Crippen molar-refractivity contribution in [3.63, 3.8) is 0 Å². The van der Waals surface area contributed by atoms with Crippen LogP contribution in [0.3, 0.4) is 0 Å². The fourth-order valence-electron chi connectivity index (χ4n) is 4.24. The van der Waals surface area contributed by atoms with E-state index in [1.165, 1.54) is 0 Å². The number of rotatable bonds is 12. The average molecular weight is 517 g/mol. The number of hydrogen-bond acceptors (Lipinski definition) is 4. The number of aliphatic hydroxyl groups is 1. The Morgan fingerprint density at radius 1 is 0.436 bits per heavy atom. The van der Waals surface area contributed by atoms with Crippen LogP contribution in [0.2, 0.25) is 0 Å². The highest BCUT2D eigenvalue weighted by Gasteiger charge is 2.13. The van der Waals surface area contributed by atoms with Gasteiger partial charge in [-0.2, -0.15) is 0 Å². The predicted molar refractivity (Wildman–Crippen MR) is 154 cm³/mol. The van der Waals surface area contributed by atoms with Crippen LogP contribution in [0.5, 0.6) is 17.2 Å². The first-order valence-corrected chi connectivity index (χ1v) is 13.1. The lowest BCUT2D eigenvalue weighted by atomic mass is 10.0. The Morgan fingerprint density at radius 2 is 0.846 bits per heavy atom. The molecule has 196 valence electrons. The van der Waals surface area contributed by atoms with Crippen molar-refractivity contribution in [1.82, 2.24) is 0 Å². The number of hydrogen-bond donors (Lipinski definition) is 1. The van der Waals surface area contributed by atoms with Crippen molar-refractivity contribution < 1.29 is 19.3 Å². The standard InChI is InChI=1S/C35H32O4/c36-35(20-27-16-18-32(19-17-27)37-24-28-10-4-1-5-11-28)31-21-33(38-25-29-12-6-2-7-13-29)23-34(22-31)39-26-30-14-8-3-9-15-30/h1-19,21-23,35-36H,20,24-26H2. The number of aliphatic hydroxyl groups excluding tert-OH is 1. The van der Waals surface area contributed by atoms with Gasteiger partial charge in [0.2, 0.25) is 0 Å². The van der Waals surface area contributed by atoms with Crippen molar-refractivity contribution >= 4 is 0 Å². The Bertz CT molecular complexity index is 1360. The van der Waals surface area contributed by atoms with Gasteiger partial charge in [-0.25, -0.2) is 0 Å². The smallest absolute Gasteiger partial charge is 0.123 e. The summed E-state index contributed by atoms with van der Waals surface area (Å²) in [7, 11) is 0. The van der Waals surface area contributed by atoms with Crippen LogP contribution >= 0.6 is 0 Å². The van der Waals surface area contributed by atoms with Gasteiger partial charge < -0.3 is 19.3 Å². The molecule has 1 unspecified atom stereocenters. The van der Waals surface area contributed by atoms with E-state index in [1.807, 2.05) is 133 Å². The van der Waals surface area contributed by atoms with Crippen molar-refractivity contribution in [3.05, 3.63) is 161 Å². The fourth-order valence-corrected chi connectivity index (χ4v) is 4.24. The molecule has 0 aromatic heterocycles. The van der Waals surface area contributed by atoms with Gasteiger partial charge in [-0.3, -0.25) is 0 Å². The maximum atomic E-state index is 11.2. The van der Waals surface area contributed by atoms with Crippen LogP contribution in [0.25, 0.3) is 0 Å². The second kappa shape index (κ2) is 13.3. The first-order chi connectivity index (χ1) is 19.2. The molecule has 0 aliphatic carbocycles. The van der Waals surface area contributed by atoms with Gasteiger partial charge in [-0.05, 0) is 52.1 Å². The number of ether oxygens (including phenoxy) is 3. The quantitative estimate of drug-likeness (QED) is 0.185.